The van der Waals surface area contributed by atoms with Crippen molar-refractivity contribution in [2.24, 2.45) is 0 Å². The second kappa shape index (κ2) is 2.73. The molecule has 0 saturated carbocycles. The van der Waals surface area contributed by atoms with Crippen LogP contribution in [0, 0.1) is 0 Å². The standard InChI is InChI=1S/C8H8N4/c1-2-3-7-9-4-6-8(12-7)11-5-10-6/h2,4-5H,1,3H2,(H,9,10,11,12). The molecule has 2 heterocycles. The lowest BCUT2D eigenvalue weighted by Gasteiger charge is -1.92. The second-order valence-corrected chi connectivity index (χ2v) is 2.42. The number of imidazole rings is 1. The van der Waals surface area contributed by atoms with Gasteiger partial charge in [0, 0.05) is 6.42 Å². The molecule has 0 bridgehead atoms. The summed E-state index contributed by atoms with van der Waals surface area (Å²) in [6.07, 6.45) is 5.78. The van der Waals surface area contributed by atoms with Crippen LogP contribution in [0.25, 0.3) is 11.2 Å². The number of nitrogens with one attached hydrogen (secondary N) is 1. The van der Waals surface area contributed by atoms with Crippen molar-refractivity contribution >= 4 is 11.2 Å². The largest absolute Gasteiger partial charge is 0.329 e. The molecule has 0 fully saturated rings. The monoisotopic (exact) mass is 160 g/mol. The van der Waals surface area contributed by atoms with Crippen LogP contribution in [0.2, 0.25) is 0 Å². The molecule has 1 N–H and O–H groups in total. The molecule has 0 spiro atoms. The summed E-state index contributed by atoms with van der Waals surface area (Å²) in [5.41, 5.74) is 1.57. The molecule has 0 amide bonds. The fraction of sp³-hybridized carbons (Fsp3) is 0.125. The minimum Gasteiger partial charge on any atom is -0.329 e. The van der Waals surface area contributed by atoms with Crippen LogP contribution < -0.4 is 0 Å². The maximum absolute atomic E-state index is 4.22. The highest BCUT2D eigenvalue weighted by molar-refractivity contribution is 5.68. The van der Waals surface area contributed by atoms with Gasteiger partial charge in [0.05, 0.1) is 12.5 Å². The Bertz CT molecular complexity index is 404. The van der Waals surface area contributed by atoms with Gasteiger partial charge >= 0.3 is 0 Å². The van der Waals surface area contributed by atoms with E-state index in [-0.39, 0.29) is 0 Å². The quantitative estimate of drug-likeness (QED) is 0.669. The summed E-state index contributed by atoms with van der Waals surface area (Å²) in [6.45, 7) is 3.62. The number of H-pyrrole nitrogens is 1. The van der Waals surface area contributed by atoms with Crippen LogP contribution in [0.1, 0.15) is 5.82 Å². The highest BCUT2D eigenvalue weighted by atomic mass is 15.0. The molecule has 0 radical (unpaired) electrons. The molecule has 0 aliphatic carbocycles. The Balaban J connectivity index is 2.52. The molecule has 0 aliphatic rings. The maximum atomic E-state index is 4.22. The SMILES string of the molecule is C=CCc1ncc2nc[nH]c2n1. The second-order valence-electron chi connectivity index (χ2n) is 2.42. The van der Waals surface area contributed by atoms with E-state index < -0.39 is 0 Å². The van der Waals surface area contributed by atoms with Gasteiger partial charge in [0.2, 0.25) is 0 Å². The van der Waals surface area contributed by atoms with Crippen LogP contribution >= 0.6 is 0 Å². The molecule has 0 aromatic carbocycles. The predicted molar refractivity (Wildman–Crippen MR) is 45.6 cm³/mol. The van der Waals surface area contributed by atoms with E-state index in [2.05, 4.69) is 26.5 Å². The zero-order valence-corrected chi connectivity index (χ0v) is 6.49. The lowest BCUT2D eigenvalue weighted by Crippen LogP contribution is -1.92. The van der Waals surface area contributed by atoms with Gasteiger partial charge in [-0.3, -0.25) is 0 Å². The normalized spacial score (nSPS) is 10.3. The predicted octanol–water partition coefficient (Wildman–Crippen LogP) is 1.08. The first-order valence-corrected chi connectivity index (χ1v) is 3.66. The van der Waals surface area contributed by atoms with E-state index in [0.29, 0.717) is 6.42 Å². The molecule has 2 aromatic rings. The van der Waals surface area contributed by atoms with Crippen molar-refractivity contribution in [3.05, 3.63) is 31.0 Å². The number of fused-ring (bicyclic) bond motifs is 1. The maximum Gasteiger partial charge on any atom is 0.160 e. The van der Waals surface area contributed by atoms with E-state index in [1.807, 2.05) is 0 Å². The lowest BCUT2D eigenvalue weighted by molar-refractivity contribution is 1.01. The number of hydrogen-bond donors (Lipinski definition) is 1. The van der Waals surface area contributed by atoms with Crippen molar-refractivity contribution in [1.82, 2.24) is 19.9 Å². The van der Waals surface area contributed by atoms with Crippen molar-refractivity contribution < 1.29 is 0 Å². The highest BCUT2D eigenvalue weighted by Crippen LogP contribution is 2.03. The molecule has 2 aromatic heterocycles. The number of rotatable bonds is 2. The first kappa shape index (κ1) is 6.97. The lowest BCUT2D eigenvalue weighted by atomic mass is 10.4. The van der Waals surface area contributed by atoms with Gasteiger partial charge < -0.3 is 4.98 Å². The van der Waals surface area contributed by atoms with Crippen molar-refractivity contribution in [3.8, 4) is 0 Å². The third-order valence-electron chi connectivity index (χ3n) is 1.55. The van der Waals surface area contributed by atoms with Crippen LogP contribution in [-0.4, -0.2) is 19.9 Å². The Morgan fingerprint density at radius 2 is 2.42 bits per heavy atom. The van der Waals surface area contributed by atoms with E-state index in [0.717, 1.165) is 17.0 Å². The minimum absolute atomic E-state index is 0.689. The molecule has 2 rings (SSSR count). The fourth-order valence-electron chi connectivity index (χ4n) is 1.00. The smallest absolute Gasteiger partial charge is 0.160 e. The fourth-order valence-corrected chi connectivity index (χ4v) is 1.00. The Kier molecular flexibility index (Phi) is 1.59. The van der Waals surface area contributed by atoms with E-state index in [9.17, 15) is 0 Å². The Labute approximate surface area is 69.4 Å². The number of hydrogen-bond acceptors (Lipinski definition) is 3. The van der Waals surface area contributed by atoms with Gasteiger partial charge in [-0.05, 0) is 0 Å². The van der Waals surface area contributed by atoms with E-state index in [4.69, 9.17) is 0 Å². The summed E-state index contributed by atoms with van der Waals surface area (Å²) in [7, 11) is 0. The van der Waals surface area contributed by atoms with Crippen LogP contribution in [-0.2, 0) is 6.42 Å². The Hall–Kier alpha value is -1.71. The van der Waals surface area contributed by atoms with E-state index in [1.54, 1.807) is 18.6 Å². The van der Waals surface area contributed by atoms with Crippen LogP contribution in [0.5, 0.6) is 0 Å². The van der Waals surface area contributed by atoms with Crippen molar-refractivity contribution in [3.63, 3.8) is 0 Å². The summed E-state index contributed by atoms with van der Waals surface area (Å²) < 4.78 is 0. The van der Waals surface area contributed by atoms with Gasteiger partial charge in [0.1, 0.15) is 11.3 Å². The van der Waals surface area contributed by atoms with Crippen molar-refractivity contribution in [2.75, 3.05) is 0 Å². The molecule has 12 heavy (non-hydrogen) atoms. The van der Waals surface area contributed by atoms with Gasteiger partial charge in [-0.1, -0.05) is 6.08 Å². The van der Waals surface area contributed by atoms with Gasteiger partial charge in [-0.15, -0.1) is 6.58 Å². The summed E-state index contributed by atoms with van der Waals surface area (Å²) in [6, 6.07) is 0. The number of allylic oxidation sites excluding steroid dienone is 1. The zero-order chi connectivity index (χ0) is 8.39. The van der Waals surface area contributed by atoms with Crippen LogP contribution in [0.3, 0.4) is 0 Å². The Morgan fingerprint density at radius 3 is 3.25 bits per heavy atom. The average Bonchev–Trinajstić information content (AvgIpc) is 2.51. The van der Waals surface area contributed by atoms with Gasteiger partial charge in [0.25, 0.3) is 0 Å². The molecule has 0 atom stereocenters. The molecule has 0 saturated heterocycles. The van der Waals surface area contributed by atoms with Gasteiger partial charge in [-0.2, -0.15) is 0 Å². The highest BCUT2D eigenvalue weighted by Gasteiger charge is 1.98. The molecule has 4 nitrogen and oxygen atoms in total. The Morgan fingerprint density at radius 1 is 1.50 bits per heavy atom. The number of aromatic amines is 1. The van der Waals surface area contributed by atoms with Crippen LogP contribution in [0.4, 0.5) is 0 Å². The first-order chi connectivity index (χ1) is 5.90. The van der Waals surface area contributed by atoms with Crippen LogP contribution in [0.15, 0.2) is 25.2 Å². The molecule has 4 heteroatoms. The van der Waals surface area contributed by atoms with E-state index >= 15 is 0 Å². The molecular weight excluding hydrogens is 152 g/mol. The summed E-state index contributed by atoms with van der Waals surface area (Å²) >= 11 is 0. The number of nitrogens with zero attached hydrogens (tertiary/aromatic N) is 3. The van der Waals surface area contributed by atoms with E-state index in [1.165, 1.54) is 0 Å². The first-order valence-electron chi connectivity index (χ1n) is 3.66. The minimum atomic E-state index is 0.689. The topological polar surface area (TPSA) is 54.5 Å². The van der Waals surface area contributed by atoms with Gasteiger partial charge in [-0.25, -0.2) is 15.0 Å². The summed E-state index contributed by atoms with van der Waals surface area (Å²) in [4.78, 5) is 15.3. The third kappa shape index (κ3) is 1.07. The van der Waals surface area contributed by atoms with Crippen molar-refractivity contribution in [1.29, 1.82) is 0 Å². The van der Waals surface area contributed by atoms with Gasteiger partial charge in [0.15, 0.2) is 5.65 Å². The van der Waals surface area contributed by atoms with Crippen molar-refractivity contribution in [2.45, 2.75) is 6.42 Å². The average molecular weight is 160 g/mol. The molecular formula is C8H8N4. The number of aromatic nitrogens is 4. The molecule has 0 unspecified atom stereocenters. The molecule has 0 aliphatic heterocycles. The molecule has 60 valence electrons. The third-order valence-corrected chi connectivity index (χ3v) is 1.55. The summed E-state index contributed by atoms with van der Waals surface area (Å²) in [5, 5.41) is 0. The zero-order valence-electron chi connectivity index (χ0n) is 6.49. The summed E-state index contributed by atoms with van der Waals surface area (Å²) in [5.74, 6) is 0.766.